The lowest BCUT2D eigenvalue weighted by Crippen LogP contribution is -2.48. The molecule has 0 unspecified atom stereocenters. The first kappa shape index (κ1) is 14.9. The van der Waals surface area contributed by atoms with Gasteiger partial charge in [-0.2, -0.15) is 0 Å². The fraction of sp³-hybridized carbons (Fsp3) is 0.500. The lowest BCUT2D eigenvalue weighted by atomic mass is 10.3. The maximum Gasteiger partial charge on any atom is 0.407 e. The van der Waals surface area contributed by atoms with Gasteiger partial charge in [-0.25, -0.2) is 4.79 Å². The molecule has 1 aromatic rings. The van der Waals surface area contributed by atoms with E-state index >= 15 is 0 Å². The number of ether oxygens (including phenoxy) is 1. The van der Waals surface area contributed by atoms with Crippen LogP contribution in [-0.4, -0.2) is 60.3 Å². The van der Waals surface area contributed by atoms with Gasteiger partial charge in [0.25, 0.3) is 0 Å². The van der Waals surface area contributed by atoms with Crippen LogP contribution in [0.15, 0.2) is 24.3 Å². The number of amides is 1. The van der Waals surface area contributed by atoms with E-state index in [2.05, 4.69) is 4.90 Å². The van der Waals surface area contributed by atoms with E-state index in [1.54, 1.807) is 0 Å². The summed E-state index contributed by atoms with van der Waals surface area (Å²) in [5.41, 5.74) is 0. The molecule has 1 aliphatic heterocycles. The van der Waals surface area contributed by atoms with Gasteiger partial charge in [0.1, 0.15) is 5.75 Å². The zero-order valence-electron chi connectivity index (χ0n) is 11.3. The van der Waals surface area contributed by atoms with Crippen LogP contribution in [-0.2, 0) is 0 Å². The molecule has 0 radical (unpaired) electrons. The van der Waals surface area contributed by atoms with Crippen molar-refractivity contribution in [2.24, 2.45) is 0 Å². The molecule has 0 bridgehead atoms. The lowest BCUT2D eigenvalue weighted by molar-refractivity contribution is 0.103. The minimum absolute atomic E-state index is 0.591. The largest absolute Gasteiger partial charge is 0.494 e. The van der Waals surface area contributed by atoms with E-state index in [0.29, 0.717) is 24.7 Å². The Balaban J connectivity index is 1.60. The summed E-state index contributed by atoms with van der Waals surface area (Å²) < 4.78 is 5.62. The highest BCUT2D eigenvalue weighted by Crippen LogP contribution is 2.15. The van der Waals surface area contributed by atoms with E-state index in [9.17, 15) is 4.79 Å². The second kappa shape index (κ2) is 7.36. The van der Waals surface area contributed by atoms with Gasteiger partial charge in [0.15, 0.2) is 0 Å². The van der Waals surface area contributed by atoms with Crippen molar-refractivity contribution in [1.82, 2.24) is 9.80 Å². The fourth-order valence-corrected chi connectivity index (χ4v) is 2.30. The fourth-order valence-electron chi connectivity index (χ4n) is 2.17. The van der Waals surface area contributed by atoms with E-state index in [-0.39, 0.29) is 0 Å². The summed E-state index contributed by atoms with van der Waals surface area (Å²) in [6.07, 6.45) is 0.103. The molecule has 1 saturated heterocycles. The van der Waals surface area contributed by atoms with Gasteiger partial charge < -0.3 is 14.7 Å². The van der Waals surface area contributed by atoms with Crippen molar-refractivity contribution in [2.45, 2.75) is 6.42 Å². The normalized spacial score (nSPS) is 16.1. The first-order valence-corrected chi connectivity index (χ1v) is 7.11. The molecule has 5 nitrogen and oxygen atoms in total. The van der Waals surface area contributed by atoms with E-state index in [4.69, 9.17) is 21.4 Å². The molecule has 1 heterocycles. The van der Waals surface area contributed by atoms with Crippen LogP contribution in [0.4, 0.5) is 4.79 Å². The Morgan fingerprint density at radius 3 is 2.45 bits per heavy atom. The van der Waals surface area contributed by atoms with Gasteiger partial charge in [-0.3, -0.25) is 4.90 Å². The molecule has 0 saturated carbocycles. The predicted molar refractivity (Wildman–Crippen MR) is 77.6 cm³/mol. The Bertz CT molecular complexity index is 431. The molecule has 0 aliphatic carbocycles. The van der Waals surface area contributed by atoms with Gasteiger partial charge in [-0.15, -0.1) is 0 Å². The predicted octanol–water partition coefficient (Wildman–Crippen LogP) is 2.40. The first-order valence-electron chi connectivity index (χ1n) is 6.74. The molecule has 1 N–H and O–H groups in total. The first-order chi connectivity index (χ1) is 9.65. The number of carbonyl (C=O) groups is 1. The zero-order valence-corrected chi connectivity index (χ0v) is 12.1. The van der Waals surface area contributed by atoms with Crippen LogP contribution in [0.5, 0.6) is 5.75 Å². The molecule has 0 atom stereocenters. The third-order valence-corrected chi connectivity index (χ3v) is 3.60. The number of hydrogen-bond donors (Lipinski definition) is 1. The minimum atomic E-state index is -0.823. The van der Waals surface area contributed by atoms with Crippen LogP contribution in [0, 0.1) is 0 Å². The topological polar surface area (TPSA) is 53.0 Å². The number of hydrogen-bond acceptors (Lipinski definition) is 3. The highest BCUT2D eigenvalue weighted by molar-refractivity contribution is 6.30. The van der Waals surface area contributed by atoms with Gasteiger partial charge >= 0.3 is 6.09 Å². The lowest BCUT2D eigenvalue weighted by Gasteiger charge is -2.32. The monoisotopic (exact) mass is 298 g/mol. The summed E-state index contributed by atoms with van der Waals surface area (Å²) in [6, 6.07) is 7.33. The summed E-state index contributed by atoms with van der Waals surface area (Å²) in [7, 11) is 0. The van der Waals surface area contributed by atoms with Crippen molar-refractivity contribution < 1.29 is 14.6 Å². The zero-order chi connectivity index (χ0) is 14.4. The maximum absolute atomic E-state index is 10.8. The number of rotatable bonds is 5. The molecular weight excluding hydrogens is 280 g/mol. The van der Waals surface area contributed by atoms with E-state index in [1.165, 1.54) is 4.90 Å². The maximum atomic E-state index is 10.8. The third-order valence-electron chi connectivity index (χ3n) is 3.34. The third kappa shape index (κ3) is 4.58. The Morgan fingerprint density at radius 1 is 1.20 bits per heavy atom. The van der Waals surface area contributed by atoms with E-state index < -0.39 is 6.09 Å². The van der Waals surface area contributed by atoms with Crippen molar-refractivity contribution in [2.75, 3.05) is 39.3 Å². The highest BCUT2D eigenvalue weighted by Gasteiger charge is 2.19. The molecule has 1 aromatic carbocycles. The van der Waals surface area contributed by atoms with Crippen molar-refractivity contribution in [3.05, 3.63) is 29.3 Å². The molecule has 2 rings (SSSR count). The average molecular weight is 299 g/mol. The van der Waals surface area contributed by atoms with Crippen molar-refractivity contribution in [3.63, 3.8) is 0 Å². The summed E-state index contributed by atoms with van der Waals surface area (Å²) in [4.78, 5) is 14.5. The Morgan fingerprint density at radius 2 is 1.85 bits per heavy atom. The molecule has 110 valence electrons. The van der Waals surface area contributed by atoms with E-state index in [0.717, 1.165) is 31.8 Å². The number of carboxylic acid groups (broad SMARTS) is 1. The number of nitrogens with zero attached hydrogens (tertiary/aromatic N) is 2. The summed E-state index contributed by atoms with van der Waals surface area (Å²) in [5, 5.41) is 9.56. The Kier molecular flexibility index (Phi) is 5.49. The summed E-state index contributed by atoms with van der Waals surface area (Å²) in [6.45, 7) is 4.36. The van der Waals surface area contributed by atoms with Crippen LogP contribution in [0.1, 0.15) is 6.42 Å². The van der Waals surface area contributed by atoms with Crippen LogP contribution in [0.25, 0.3) is 0 Å². The molecule has 1 aliphatic rings. The summed E-state index contributed by atoms with van der Waals surface area (Å²) in [5.74, 6) is 0.824. The SMILES string of the molecule is O=C(O)N1CCN(CCCOc2ccc(Cl)cc2)CC1. The Hall–Kier alpha value is -1.46. The number of benzene rings is 1. The van der Waals surface area contributed by atoms with Crippen LogP contribution >= 0.6 is 11.6 Å². The van der Waals surface area contributed by atoms with Gasteiger partial charge in [0, 0.05) is 37.7 Å². The molecule has 20 heavy (non-hydrogen) atoms. The van der Waals surface area contributed by atoms with Crippen molar-refractivity contribution in [3.8, 4) is 5.75 Å². The van der Waals surface area contributed by atoms with Gasteiger partial charge in [0.2, 0.25) is 0 Å². The number of halogens is 1. The smallest absolute Gasteiger partial charge is 0.407 e. The van der Waals surface area contributed by atoms with E-state index in [1.807, 2.05) is 24.3 Å². The van der Waals surface area contributed by atoms with Crippen LogP contribution < -0.4 is 4.74 Å². The van der Waals surface area contributed by atoms with Gasteiger partial charge in [-0.1, -0.05) is 11.6 Å². The van der Waals surface area contributed by atoms with Crippen LogP contribution in [0.3, 0.4) is 0 Å². The highest BCUT2D eigenvalue weighted by atomic mass is 35.5. The molecule has 1 amide bonds. The molecular formula is C14H19ClN2O3. The Labute approximate surface area is 123 Å². The average Bonchev–Trinajstić information content (AvgIpc) is 2.46. The molecule has 6 heteroatoms. The molecule has 0 aromatic heterocycles. The van der Waals surface area contributed by atoms with Gasteiger partial charge in [0.05, 0.1) is 6.61 Å². The molecule has 1 fully saturated rings. The quantitative estimate of drug-likeness (QED) is 0.848. The standard InChI is InChI=1S/C14H19ClN2O3/c15-12-2-4-13(5-3-12)20-11-1-6-16-7-9-17(10-8-16)14(18)19/h2-5H,1,6-11H2,(H,18,19). The van der Waals surface area contributed by atoms with Gasteiger partial charge in [-0.05, 0) is 30.7 Å². The van der Waals surface area contributed by atoms with Crippen LogP contribution in [0.2, 0.25) is 5.02 Å². The van der Waals surface area contributed by atoms with Crippen molar-refractivity contribution >= 4 is 17.7 Å². The second-order valence-corrected chi connectivity index (χ2v) is 5.20. The molecule has 0 spiro atoms. The number of piperazine rings is 1. The summed E-state index contributed by atoms with van der Waals surface area (Å²) >= 11 is 5.80. The van der Waals surface area contributed by atoms with Crippen molar-refractivity contribution in [1.29, 1.82) is 0 Å². The minimum Gasteiger partial charge on any atom is -0.494 e. The second-order valence-electron chi connectivity index (χ2n) is 4.77.